The predicted octanol–water partition coefficient (Wildman–Crippen LogP) is 3.66. The molecule has 0 spiro atoms. The number of ether oxygens (including phenoxy) is 1. The van der Waals surface area contributed by atoms with Gasteiger partial charge in [-0.05, 0) is 13.0 Å². The zero-order chi connectivity index (χ0) is 15.6. The Bertz CT molecular complexity index is 633. The lowest BCUT2D eigenvalue weighted by molar-refractivity contribution is -0.190. The maximum Gasteiger partial charge on any atom is 0.425 e. The van der Waals surface area contributed by atoms with E-state index in [1.54, 1.807) is 0 Å². The number of halogens is 5. The Balaban J connectivity index is 2.23. The molecule has 112 valence electrons. The summed E-state index contributed by atoms with van der Waals surface area (Å²) >= 11 is 5.57. The fourth-order valence-corrected chi connectivity index (χ4v) is 1.45. The summed E-state index contributed by atoms with van der Waals surface area (Å²) in [6.45, 7) is 0.764. The van der Waals surface area contributed by atoms with E-state index < -0.39 is 24.0 Å². The van der Waals surface area contributed by atoms with Gasteiger partial charge in [-0.1, -0.05) is 11.6 Å². The lowest BCUT2D eigenvalue weighted by Gasteiger charge is -2.17. The molecule has 0 unspecified atom stereocenters. The molecule has 2 aromatic rings. The summed E-state index contributed by atoms with van der Waals surface area (Å²) in [4.78, 5) is 11.2. The molecule has 0 fully saturated rings. The number of hydrogen-bond donors (Lipinski definition) is 0. The van der Waals surface area contributed by atoms with E-state index in [2.05, 4.69) is 19.7 Å². The van der Waals surface area contributed by atoms with Gasteiger partial charge in [0.1, 0.15) is 5.15 Å². The molecular weight excluding hydrogens is 314 g/mol. The van der Waals surface area contributed by atoms with E-state index in [1.807, 2.05) is 0 Å². The van der Waals surface area contributed by atoms with Crippen LogP contribution in [0.3, 0.4) is 0 Å². The highest BCUT2D eigenvalue weighted by Crippen LogP contribution is 2.27. The van der Waals surface area contributed by atoms with E-state index in [0.29, 0.717) is 0 Å². The van der Waals surface area contributed by atoms with E-state index in [1.165, 1.54) is 12.4 Å². The number of hydrogen-bond acceptors (Lipinski definition) is 4. The van der Waals surface area contributed by atoms with Gasteiger partial charge in [-0.15, -0.1) is 0 Å². The van der Waals surface area contributed by atoms with Gasteiger partial charge in [0.15, 0.2) is 11.9 Å². The molecule has 4 nitrogen and oxygen atoms in total. The summed E-state index contributed by atoms with van der Waals surface area (Å²) in [5.41, 5.74) is 0.518. The molecule has 9 heteroatoms. The Kier molecular flexibility index (Phi) is 4.26. The molecule has 0 saturated carbocycles. The molecule has 0 N–H and O–H groups in total. The molecule has 2 rings (SSSR count). The highest BCUT2D eigenvalue weighted by molar-refractivity contribution is 6.29. The summed E-state index contributed by atoms with van der Waals surface area (Å²) in [5, 5.41) is 0.158. The molecular formula is C12H8ClF4N3O. The second-order valence-electron chi connectivity index (χ2n) is 4.04. The lowest BCUT2D eigenvalue weighted by atomic mass is 10.2. The van der Waals surface area contributed by atoms with Crippen LogP contribution in [0, 0.1) is 5.82 Å². The predicted molar refractivity (Wildman–Crippen MR) is 66.4 cm³/mol. The van der Waals surface area contributed by atoms with Crippen molar-refractivity contribution >= 4 is 11.6 Å². The molecule has 0 saturated heterocycles. The summed E-state index contributed by atoms with van der Waals surface area (Å²) in [6, 6.07) is 0.962. The normalized spacial score (nSPS) is 13.0. The Morgan fingerprint density at radius 1 is 1.14 bits per heavy atom. The maximum atomic E-state index is 13.7. The Morgan fingerprint density at radius 2 is 1.86 bits per heavy atom. The second kappa shape index (κ2) is 5.80. The van der Waals surface area contributed by atoms with Gasteiger partial charge in [0.25, 0.3) is 5.88 Å². The highest BCUT2D eigenvalue weighted by atomic mass is 35.5. The largest absolute Gasteiger partial charge is 0.463 e. The van der Waals surface area contributed by atoms with Crippen molar-refractivity contribution < 1.29 is 22.3 Å². The van der Waals surface area contributed by atoms with Crippen LogP contribution in [-0.4, -0.2) is 27.2 Å². The van der Waals surface area contributed by atoms with Crippen molar-refractivity contribution in [1.82, 2.24) is 15.0 Å². The van der Waals surface area contributed by atoms with Crippen LogP contribution in [0.15, 0.2) is 24.7 Å². The molecule has 0 aromatic carbocycles. The third-order valence-electron chi connectivity index (χ3n) is 2.47. The Hall–Kier alpha value is -1.96. The van der Waals surface area contributed by atoms with Crippen molar-refractivity contribution in [1.29, 1.82) is 0 Å². The van der Waals surface area contributed by atoms with Gasteiger partial charge in [-0.25, -0.2) is 14.4 Å². The van der Waals surface area contributed by atoms with Crippen molar-refractivity contribution in [2.45, 2.75) is 19.2 Å². The first-order valence-corrected chi connectivity index (χ1v) is 6.02. The van der Waals surface area contributed by atoms with Crippen LogP contribution in [0.4, 0.5) is 17.6 Å². The van der Waals surface area contributed by atoms with Gasteiger partial charge in [-0.3, -0.25) is 4.98 Å². The summed E-state index contributed by atoms with van der Waals surface area (Å²) in [5.74, 6) is -1.76. The fraction of sp³-hybridized carbons (Fsp3) is 0.250. The molecule has 0 amide bonds. The average Bonchev–Trinajstić information content (AvgIpc) is 2.41. The van der Waals surface area contributed by atoms with Crippen LogP contribution >= 0.6 is 11.6 Å². The minimum atomic E-state index is -4.60. The van der Waals surface area contributed by atoms with Crippen LogP contribution in [0.1, 0.15) is 6.92 Å². The highest BCUT2D eigenvalue weighted by Gasteiger charge is 2.38. The monoisotopic (exact) mass is 321 g/mol. The van der Waals surface area contributed by atoms with Crippen LogP contribution < -0.4 is 4.74 Å². The van der Waals surface area contributed by atoms with Crippen LogP contribution in [0.25, 0.3) is 11.3 Å². The Morgan fingerprint density at radius 3 is 2.38 bits per heavy atom. The first kappa shape index (κ1) is 15.4. The summed E-state index contributed by atoms with van der Waals surface area (Å²) < 4.78 is 55.2. The molecule has 0 aliphatic carbocycles. The van der Waals surface area contributed by atoms with E-state index in [9.17, 15) is 17.6 Å². The van der Waals surface area contributed by atoms with Gasteiger partial charge in [0, 0.05) is 11.8 Å². The van der Waals surface area contributed by atoms with E-state index in [4.69, 9.17) is 11.6 Å². The number of alkyl halides is 3. The number of pyridine rings is 1. The molecule has 21 heavy (non-hydrogen) atoms. The molecule has 0 bridgehead atoms. The number of nitrogens with zero attached hydrogens (tertiary/aromatic N) is 3. The first-order valence-electron chi connectivity index (χ1n) is 5.64. The SMILES string of the molecule is C[C@H](Oc1ncc(-c2cnc(Cl)cn2)cc1F)C(F)(F)F. The van der Waals surface area contributed by atoms with Gasteiger partial charge >= 0.3 is 6.18 Å². The third kappa shape index (κ3) is 3.78. The zero-order valence-corrected chi connectivity index (χ0v) is 11.3. The quantitative estimate of drug-likeness (QED) is 0.809. The molecule has 2 heterocycles. The van der Waals surface area contributed by atoms with Crippen molar-refractivity contribution in [3.63, 3.8) is 0 Å². The summed E-state index contributed by atoms with van der Waals surface area (Å²) in [7, 11) is 0. The van der Waals surface area contributed by atoms with Crippen molar-refractivity contribution in [3.05, 3.63) is 35.6 Å². The second-order valence-corrected chi connectivity index (χ2v) is 4.42. The minimum Gasteiger partial charge on any atom is -0.463 e. The van der Waals surface area contributed by atoms with Crippen molar-refractivity contribution in [2.75, 3.05) is 0 Å². The van der Waals surface area contributed by atoms with E-state index >= 15 is 0 Å². The van der Waals surface area contributed by atoms with Crippen molar-refractivity contribution in [3.8, 4) is 17.1 Å². The van der Waals surface area contributed by atoms with Gasteiger partial charge in [-0.2, -0.15) is 13.2 Å². The molecule has 1 atom stereocenters. The fourth-order valence-electron chi connectivity index (χ4n) is 1.35. The summed E-state index contributed by atoms with van der Waals surface area (Å²) in [6.07, 6.45) is -3.09. The lowest BCUT2D eigenvalue weighted by Crippen LogP contribution is -2.31. The maximum absolute atomic E-state index is 13.7. The minimum absolute atomic E-state index is 0.158. The van der Waals surface area contributed by atoms with Gasteiger partial charge < -0.3 is 4.74 Å². The molecule has 0 radical (unpaired) electrons. The molecule has 0 aliphatic heterocycles. The standard InChI is InChI=1S/C12H8ClF4N3O/c1-6(12(15,16)17)21-11-8(14)2-7(3-20-11)9-4-19-10(13)5-18-9/h2-6H,1H3/t6-/m0/s1. The first-order chi connectivity index (χ1) is 9.77. The van der Waals surface area contributed by atoms with Gasteiger partial charge in [0.05, 0.1) is 18.1 Å². The smallest absolute Gasteiger partial charge is 0.425 e. The number of aromatic nitrogens is 3. The van der Waals surface area contributed by atoms with Crippen LogP contribution in [-0.2, 0) is 0 Å². The van der Waals surface area contributed by atoms with Crippen LogP contribution in [0.2, 0.25) is 5.15 Å². The van der Waals surface area contributed by atoms with Crippen molar-refractivity contribution in [2.24, 2.45) is 0 Å². The number of rotatable bonds is 3. The van der Waals surface area contributed by atoms with Gasteiger partial charge in [0.2, 0.25) is 0 Å². The van der Waals surface area contributed by atoms with E-state index in [0.717, 1.165) is 19.2 Å². The zero-order valence-electron chi connectivity index (χ0n) is 10.5. The van der Waals surface area contributed by atoms with Crippen LogP contribution in [0.5, 0.6) is 5.88 Å². The topological polar surface area (TPSA) is 47.9 Å². The molecule has 0 aliphatic rings. The Labute approximate surface area is 121 Å². The average molecular weight is 322 g/mol. The molecule has 2 aromatic heterocycles. The van der Waals surface area contributed by atoms with E-state index in [-0.39, 0.29) is 16.4 Å². The third-order valence-corrected chi connectivity index (χ3v) is 2.67.